The number of nitrogens with one attached hydrogen (secondary N) is 1. The van der Waals surface area contributed by atoms with E-state index in [1.807, 2.05) is 77.9 Å². The third-order valence-electron chi connectivity index (χ3n) is 7.22. The summed E-state index contributed by atoms with van der Waals surface area (Å²) in [5.74, 6) is -0.409. The first-order chi connectivity index (χ1) is 19.4. The number of amides is 2. The number of hydrogen-bond donors (Lipinski definition) is 1. The van der Waals surface area contributed by atoms with Gasteiger partial charge in [0.15, 0.2) is 0 Å². The highest BCUT2D eigenvalue weighted by molar-refractivity contribution is 7.92. The summed E-state index contributed by atoms with van der Waals surface area (Å²) >= 11 is 0. The van der Waals surface area contributed by atoms with Crippen LogP contribution in [0.2, 0.25) is 0 Å². The molecule has 0 spiro atoms. The van der Waals surface area contributed by atoms with Crippen LogP contribution in [0.4, 0.5) is 5.69 Å². The fourth-order valence-corrected chi connectivity index (χ4v) is 5.97. The Labute approximate surface area is 245 Å². The van der Waals surface area contributed by atoms with Crippen molar-refractivity contribution in [2.45, 2.75) is 65.3 Å². The maximum atomic E-state index is 14.1. The Morgan fingerprint density at radius 2 is 1.54 bits per heavy atom. The number of rotatable bonds is 13. The summed E-state index contributed by atoms with van der Waals surface area (Å²) in [4.78, 5) is 29.0. The SMILES string of the molecule is CC[C@@H](C(=O)NCC(C)C)N(CCc1ccccc1)C(=O)CN(c1ccc(C)c(C)c1)S(=O)(=O)c1ccc(C)cc1. The molecule has 41 heavy (non-hydrogen) atoms. The van der Waals surface area contributed by atoms with E-state index in [0.717, 1.165) is 22.3 Å². The van der Waals surface area contributed by atoms with E-state index in [1.54, 1.807) is 41.3 Å². The molecule has 220 valence electrons. The van der Waals surface area contributed by atoms with Gasteiger partial charge < -0.3 is 10.2 Å². The Kier molecular flexibility index (Phi) is 11.1. The zero-order valence-electron chi connectivity index (χ0n) is 25.1. The van der Waals surface area contributed by atoms with Crippen LogP contribution in [-0.2, 0) is 26.0 Å². The van der Waals surface area contributed by atoms with Crippen molar-refractivity contribution in [2.75, 3.05) is 23.9 Å². The quantitative estimate of drug-likeness (QED) is 0.294. The zero-order chi connectivity index (χ0) is 30.2. The largest absolute Gasteiger partial charge is 0.354 e. The van der Waals surface area contributed by atoms with E-state index in [2.05, 4.69) is 5.32 Å². The number of sulfonamides is 1. The van der Waals surface area contributed by atoms with Crippen molar-refractivity contribution < 1.29 is 18.0 Å². The van der Waals surface area contributed by atoms with Crippen molar-refractivity contribution in [3.63, 3.8) is 0 Å². The second kappa shape index (κ2) is 14.3. The van der Waals surface area contributed by atoms with Gasteiger partial charge in [0.2, 0.25) is 11.8 Å². The fraction of sp³-hybridized carbons (Fsp3) is 0.394. The van der Waals surface area contributed by atoms with Crippen molar-refractivity contribution in [1.82, 2.24) is 10.2 Å². The van der Waals surface area contributed by atoms with E-state index in [4.69, 9.17) is 0 Å². The van der Waals surface area contributed by atoms with Crippen molar-refractivity contribution in [1.29, 1.82) is 0 Å². The van der Waals surface area contributed by atoms with Gasteiger partial charge in [-0.05, 0) is 80.5 Å². The maximum Gasteiger partial charge on any atom is 0.264 e. The fourth-order valence-electron chi connectivity index (χ4n) is 4.57. The second-order valence-electron chi connectivity index (χ2n) is 11.0. The topological polar surface area (TPSA) is 86.8 Å². The van der Waals surface area contributed by atoms with E-state index in [1.165, 1.54) is 4.31 Å². The summed E-state index contributed by atoms with van der Waals surface area (Å²) in [7, 11) is -4.09. The molecule has 0 aliphatic carbocycles. The molecule has 0 aromatic heterocycles. The molecule has 3 aromatic rings. The third-order valence-corrected chi connectivity index (χ3v) is 9.01. The molecule has 7 nitrogen and oxygen atoms in total. The summed E-state index contributed by atoms with van der Waals surface area (Å²) in [5.41, 5.74) is 4.30. The minimum Gasteiger partial charge on any atom is -0.354 e. The molecule has 0 aliphatic heterocycles. The highest BCUT2D eigenvalue weighted by Gasteiger charge is 2.33. The lowest BCUT2D eigenvalue weighted by atomic mass is 10.1. The molecular formula is C33H43N3O4S. The van der Waals surface area contributed by atoms with Crippen LogP contribution < -0.4 is 9.62 Å². The highest BCUT2D eigenvalue weighted by atomic mass is 32.2. The van der Waals surface area contributed by atoms with Crippen molar-refractivity contribution >= 4 is 27.5 Å². The van der Waals surface area contributed by atoms with Gasteiger partial charge in [-0.3, -0.25) is 13.9 Å². The first-order valence-electron chi connectivity index (χ1n) is 14.2. The van der Waals surface area contributed by atoms with Crippen LogP contribution in [-0.4, -0.2) is 50.8 Å². The number of carbonyl (C=O) groups excluding carboxylic acids is 2. The number of aryl methyl sites for hydroxylation is 3. The first-order valence-corrected chi connectivity index (χ1v) is 15.7. The van der Waals surface area contributed by atoms with Crippen LogP contribution in [0.15, 0.2) is 77.7 Å². The van der Waals surface area contributed by atoms with E-state index in [9.17, 15) is 18.0 Å². The van der Waals surface area contributed by atoms with Gasteiger partial charge in [-0.15, -0.1) is 0 Å². The van der Waals surface area contributed by atoms with Gasteiger partial charge in [0.1, 0.15) is 12.6 Å². The lowest BCUT2D eigenvalue weighted by Crippen LogP contribution is -2.53. The van der Waals surface area contributed by atoms with Gasteiger partial charge in [-0.25, -0.2) is 8.42 Å². The van der Waals surface area contributed by atoms with E-state index in [0.29, 0.717) is 25.1 Å². The van der Waals surface area contributed by atoms with Gasteiger partial charge in [-0.1, -0.05) is 74.9 Å². The Balaban J connectivity index is 2.02. The molecule has 3 aromatic carbocycles. The Hall–Kier alpha value is -3.65. The van der Waals surface area contributed by atoms with Crippen molar-refractivity contribution in [2.24, 2.45) is 5.92 Å². The third kappa shape index (κ3) is 8.43. The number of carbonyl (C=O) groups is 2. The Bertz CT molecular complexity index is 1420. The van der Waals surface area contributed by atoms with Crippen LogP contribution >= 0.6 is 0 Å². The predicted molar refractivity (Wildman–Crippen MR) is 165 cm³/mol. The summed E-state index contributed by atoms with van der Waals surface area (Å²) in [5, 5.41) is 2.96. The number of benzene rings is 3. The zero-order valence-corrected chi connectivity index (χ0v) is 25.9. The summed E-state index contributed by atoms with van der Waals surface area (Å²) in [6.07, 6.45) is 0.938. The molecule has 1 N–H and O–H groups in total. The Morgan fingerprint density at radius 3 is 2.12 bits per heavy atom. The van der Waals surface area contributed by atoms with Gasteiger partial charge in [0, 0.05) is 13.1 Å². The Morgan fingerprint density at radius 1 is 0.878 bits per heavy atom. The predicted octanol–water partition coefficient (Wildman–Crippen LogP) is 5.43. The van der Waals surface area contributed by atoms with Crippen LogP contribution in [0, 0.1) is 26.7 Å². The highest BCUT2D eigenvalue weighted by Crippen LogP contribution is 2.27. The minimum absolute atomic E-state index is 0.103. The van der Waals surface area contributed by atoms with Gasteiger partial charge in [-0.2, -0.15) is 0 Å². The molecule has 0 aliphatic rings. The van der Waals surface area contributed by atoms with Crippen LogP contribution in [0.1, 0.15) is 49.4 Å². The molecule has 3 rings (SSSR count). The average Bonchev–Trinajstić information content (AvgIpc) is 2.94. The smallest absolute Gasteiger partial charge is 0.264 e. The minimum atomic E-state index is -4.09. The number of hydrogen-bond acceptors (Lipinski definition) is 4. The van der Waals surface area contributed by atoms with Gasteiger partial charge >= 0.3 is 0 Å². The molecular weight excluding hydrogens is 534 g/mol. The standard InChI is InChI=1S/C33H43N3O4S/c1-7-31(33(38)34-22-24(2)3)35(20-19-28-11-9-8-10-12-28)32(37)23-36(29-16-15-26(5)27(6)21-29)41(39,40)30-17-13-25(4)14-18-30/h8-18,21,24,31H,7,19-20,22-23H2,1-6H3,(H,34,38)/t31-/m0/s1. The van der Waals surface area contributed by atoms with Crippen molar-refractivity contribution in [3.05, 3.63) is 95.1 Å². The molecule has 8 heteroatoms. The van der Waals surface area contributed by atoms with E-state index in [-0.39, 0.29) is 23.3 Å². The average molecular weight is 578 g/mol. The number of anilines is 1. The lowest BCUT2D eigenvalue weighted by molar-refractivity contribution is -0.139. The molecule has 2 amide bonds. The second-order valence-corrected chi connectivity index (χ2v) is 12.8. The molecule has 0 heterocycles. The van der Waals surface area contributed by atoms with Gasteiger partial charge in [0.25, 0.3) is 10.0 Å². The lowest BCUT2D eigenvalue weighted by Gasteiger charge is -2.33. The molecule has 1 atom stereocenters. The molecule has 0 radical (unpaired) electrons. The first kappa shape index (κ1) is 31.9. The molecule has 0 bridgehead atoms. The summed E-state index contributed by atoms with van der Waals surface area (Å²) in [6, 6.07) is 21.0. The van der Waals surface area contributed by atoms with Gasteiger partial charge in [0.05, 0.1) is 10.6 Å². The monoisotopic (exact) mass is 577 g/mol. The molecule has 0 saturated carbocycles. The van der Waals surface area contributed by atoms with E-state index < -0.39 is 28.5 Å². The van der Waals surface area contributed by atoms with Crippen molar-refractivity contribution in [3.8, 4) is 0 Å². The van der Waals surface area contributed by atoms with Crippen LogP contribution in [0.5, 0.6) is 0 Å². The molecule has 0 saturated heterocycles. The normalized spacial score (nSPS) is 12.2. The van der Waals surface area contributed by atoms with Crippen LogP contribution in [0.25, 0.3) is 0 Å². The summed E-state index contributed by atoms with van der Waals surface area (Å²) in [6.45, 7) is 12.0. The van der Waals surface area contributed by atoms with E-state index >= 15 is 0 Å². The van der Waals surface area contributed by atoms with Crippen LogP contribution in [0.3, 0.4) is 0 Å². The maximum absolute atomic E-state index is 14.1. The number of nitrogens with zero attached hydrogens (tertiary/aromatic N) is 2. The molecule has 0 fully saturated rings. The molecule has 0 unspecified atom stereocenters. The summed E-state index contributed by atoms with van der Waals surface area (Å²) < 4.78 is 29.2.